The summed E-state index contributed by atoms with van der Waals surface area (Å²) in [5, 5.41) is 8.18. The minimum Gasteiger partial charge on any atom is -0.457 e. The molecule has 1 saturated carbocycles. The Balaban J connectivity index is 1.75. The van der Waals surface area contributed by atoms with Crippen LogP contribution in [0.15, 0.2) is 12.7 Å². The molecule has 1 saturated heterocycles. The first-order valence-corrected chi connectivity index (χ1v) is 7.49. The highest BCUT2D eigenvalue weighted by atomic mass is 16.5. The van der Waals surface area contributed by atoms with Crippen molar-refractivity contribution in [2.75, 3.05) is 13.2 Å². The van der Waals surface area contributed by atoms with E-state index in [0.717, 1.165) is 38.0 Å². The smallest absolute Gasteiger partial charge is 0.361 e. The van der Waals surface area contributed by atoms with Gasteiger partial charge in [-0.15, -0.1) is 5.10 Å². The van der Waals surface area contributed by atoms with Gasteiger partial charge in [-0.3, -0.25) is 0 Å². The van der Waals surface area contributed by atoms with Crippen LogP contribution in [-0.2, 0) is 9.47 Å². The normalized spacial score (nSPS) is 23.6. The fraction of sp³-hybridized carbons (Fsp3) is 0.667. The SMILES string of the molecule is C=CCOC(=O)c1nnn(C2CCOC3(CCC3)C2)c1C. The number of carbonyl (C=O) groups is 1. The molecule has 2 aliphatic rings. The lowest BCUT2D eigenvalue weighted by atomic mass is 9.74. The maximum Gasteiger partial charge on any atom is 0.361 e. The lowest BCUT2D eigenvalue weighted by Gasteiger charge is -2.47. The summed E-state index contributed by atoms with van der Waals surface area (Å²) in [6.45, 7) is 6.33. The Bertz CT molecular complexity index is 548. The molecular formula is C15H21N3O3. The highest BCUT2D eigenvalue weighted by Crippen LogP contribution is 2.45. The number of ether oxygens (including phenoxy) is 2. The van der Waals surface area contributed by atoms with Crippen molar-refractivity contribution < 1.29 is 14.3 Å². The molecule has 1 unspecified atom stereocenters. The Morgan fingerprint density at radius 1 is 1.62 bits per heavy atom. The van der Waals surface area contributed by atoms with Crippen molar-refractivity contribution >= 4 is 5.97 Å². The van der Waals surface area contributed by atoms with Gasteiger partial charge in [-0.25, -0.2) is 9.48 Å². The quantitative estimate of drug-likeness (QED) is 0.628. The number of hydrogen-bond acceptors (Lipinski definition) is 5. The summed E-state index contributed by atoms with van der Waals surface area (Å²) < 4.78 is 12.8. The molecule has 21 heavy (non-hydrogen) atoms. The summed E-state index contributed by atoms with van der Waals surface area (Å²) in [7, 11) is 0. The molecule has 1 atom stereocenters. The third-order valence-corrected chi connectivity index (χ3v) is 4.53. The maximum atomic E-state index is 11.9. The van der Waals surface area contributed by atoms with Crippen LogP contribution >= 0.6 is 0 Å². The molecule has 0 radical (unpaired) electrons. The van der Waals surface area contributed by atoms with Gasteiger partial charge in [-0.2, -0.15) is 0 Å². The average Bonchev–Trinajstić information content (AvgIpc) is 2.85. The number of hydrogen-bond donors (Lipinski definition) is 0. The first kappa shape index (κ1) is 14.3. The van der Waals surface area contributed by atoms with Gasteiger partial charge < -0.3 is 9.47 Å². The zero-order chi connectivity index (χ0) is 14.9. The lowest BCUT2D eigenvalue weighted by Crippen LogP contribution is -2.46. The van der Waals surface area contributed by atoms with E-state index in [1.54, 1.807) is 0 Å². The molecule has 114 valence electrons. The minimum atomic E-state index is -0.441. The van der Waals surface area contributed by atoms with Crippen LogP contribution in [0.25, 0.3) is 0 Å². The average molecular weight is 291 g/mol. The Labute approximate surface area is 124 Å². The van der Waals surface area contributed by atoms with E-state index in [2.05, 4.69) is 16.9 Å². The van der Waals surface area contributed by atoms with Gasteiger partial charge in [0, 0.05) is 6.61 Å². The summed E-state index contributed by atoms with van der Waals surface area (Å²) in [5.41, 5.74) is 1.11. The third kappa shape index (κ3) is 2.60. The van der Waals surface area contributed by atoms with E-state index in [1.807, 2.05) is 11.6 Å². The standard InChI is InChI=1S/C15H21N3O3/c1-3-8-20-14(19)13-11(2)18(17-16-13)12-5-9-21-15(10-12)6-4-7-15/h3,12H,1,4-10H2,2H3. The second-order valence-corrected chi connectivity index (χ2v) is 5.89. The molecule has 1 aromatic heterocycles. The maximum absolute atomic E-state index is 11.9. The molecule has 6 nitrogen and oxygen atoms in total. The van der Waals surface area contributed by atoms with Crippen LogP contribution in [0.4, 0.5) is 0 Å². The van der Waals surface area contributed by atoms with Crippen LogP contribution in [0.5, 0.6) is 0 Å². The van der Waals surface area contributed by atoms with Gasteiger partial charge in [-0.05, 0) is 39.0 Å². The van der Waals surface area contributed by atoms with Crippen molar-refractivity contribution in [1.29, 1.82) is 0 Å². The zero-order valence-corrected chi connectivity index (χ0v) is 12.4. The second-order valence-electron chi connectivity index (χ2n) is 5.89. The van der Waals surface area contributed by atoms with Crippen molar-refractivity contribution in [3.63, 3.8) is 0 Å². The van der Waals surface area contributed by atoms with E-state index in [0.29, 0.717) is 5.69 Å². The van der Waals surface area contributed by atoms with Crippen molar-refractivity contribution in [3.05, 3.63) is 24.0 Å². The number of carbonyl (C=O) groups excluding carboxylic acids is 1. The Kier molecular flexibility index (Phi) is 3.80. The van der Waals surface area contributed by atoms with Crippen LogP contribution in [0, 0.1) is 6.92 Å². The third-order valence-electron chi connectivity index (χ3n) is 4.53. The highest BCUT2D eigenvalue weighted by Gasteiger charge is 2.43. The molecule has 2 fully saturated rings. The molecule has 3 rings (SSSR count). The summed E-state index contributed by atoms with van der Waals surface area (Å²) in [5.74, 6) is -0.441. The Morgan fingerprint density at radius 2 is 2.43 bits per heavy atom. The molecule has 0 bridgehead atoms. The van der Waals surface area contributed by atoms with Gasteiger partial charge in [0.2, 0.25) is 0 Å². The Hall–Kier alpha value is -1.69. The van der Waals surface area contributed by atoms with Crippen LogP contribution < -0.4 is 0 Å². The summed E-state index contributed by atoms with van der Waals surface area (Å²) in [6.07, 6.45) is 6.90. The molecular weight excluding hydrogens is 270 g/mol. The van der Waals surface area contributed by atoms with Crippen LogP contribution in [0.3, 0.4) is 0 Å². The van der Waals surface area contributed by atoms with Gasteiger partial charge in [0.1, 0.15) is 6.61 Å². The largest absolute Gasteiger partial charge is 0.457 e. The van der Waals surface area contributed by atoms with E-state index in [-0.39, 0.29) is 18.2 Å². The van der Waals surface area contributed by atoms with E-state index in [4.69, 9.17) is 9.47 Å². The highest BCUT2D eigenvalue weighted by molar-refractivity contribution is 5.88. The first-order chi connectivity index (χ1) is 10.2. The van der Waals surface area contributed by atoms with Gasteiger partial charge >= 0.3 is 5.97 Å². The molecule has 1 aromatic rings. The van der Waals surface area contributed by atoms with Gasteiger partial charge in [0.15, 0.2) is 5.69 Å². The topological polar surface area (TPSA) is 66.2 Å². The molecule has 0 N–H and O–H groups in total. The van der Waals surface area contributed by atoms with E-state index in [9.17, 15) is 4.79 Å². The van der Waals surface area contributed by atoms with Crippen LogP contribution in [0.2, 0.25) is 0 Å². The number of esters is 1. The first-order valence-electron chi connectivity index (χ1n) is 7.49. The van der Waals surface area contributed by atoms with Crippen LogP contribution in [0.1, 0.15) is 54.3 Å². The number of aromatic nitrogens is 3. The molecule has 2 heterocycles. The van der Waals surface area contributed by atoms with Gasteiger partial charge in [-0.1, -0.05) is 17.9 Å². The zero-order valence-electron chi connectivity index (χ0n) is 12.4. The molecule has 0 aromatic carbocycles. The minimum absolute atomic E-state index is 0.0464. The monoisotopic (exact) mass is 291 g/mol. The predicted octanol–water partition coefficient (Wildman–Crippen LogP) is 2.20. The number of rotatable bonds is 4. The summed E-state index contributed by atoms with van der Waals surface area (Å²) in [6, 6.07) is 0.257. The Morgan fingerprint density at radius 3 is 3.10 bits per heavy atom. The summed E-state index contributed by atoms with van der Waals surface area (Å²) >= 11 is 0. The molecule has 6 heteroatoms. The van der Waals surface area contributed by atoms with E-state index in [1.165, 1.54) is 12.5 Å². The molecule has 1 aliphatic carbocycles. The predicted molar refractivity (Wildman–Crippen MR) is 76.0 cm³/mol. The van der Waals surface area contributed by atoms with Crippen molar-refractivity contribution in [3.8, 4) is 0 Å². The molecule has 1 aliphatic heterocycles. The van der Waals surface area contributed by atoms with Gasteiger partial charge in [0.25, 0.3) is 0 Å². The van der Waals surface area contributed by atoms with E-state index >= 15 is 0 Å². The van der Waals surface area contributed by atoms with Crippen molar-refractivity contribution in [2.45, 2.75) is 50.7 Å². The van der Waals surface area contributed by atoms with Crippen LogP contribution in [-0.4, -0.2) is 39.8 Å². The van der Waals surface area contributed by atoms with E-state index < -0.39 is 5.97 Å². The van der Waals surface area contributed by atoms with Crippen molar-refractivity contribution in [2.24, 2.45) is 0 Å². The molecule has 0 amide bonds. The number of nitrogens with zero attached hydrogens (tertiary/aromatic N) is 3. The van der Waals surface area contributed by atoms with Crippen molar-refractivity contribution in [1.82, 2.24) is 15.0 Å². The van der Waals surface area contributed by atoms with Gasteiger partial charge in [0.05, 0.1) is 17.3 Å². The summed E-state index contributed by atoms with van der Waals surface area (Å²) in [4.78, 5) is 11.9. The second kappa shape index (κ2) is 5.60. The fourth-order valence-corrected chi connectivity index (χ4v) is 3.21. The molecule has 1 spiro atoms. The lowest BCUT2D eigenvalue weighted by molar-refractivity contribution is -0.141. The fourth-order valence-electron chi connectivity index (χ4n) is 3.21.